The van der Waals surface area contributed by atoms with Crippen LogP contribution in [0, 0.1) is 0 Å². The zero-order valence-corrected chi connectivity index (χ0v) is 19.7. The highest BCUT2D eigenvalue weighted by Crippen LogP contribution is 2.28. The summed E-state index contributed by atoms with van der Waals surface area (Å²) >= 11 is 3.42. The molecule has 7 heteroatoms. The van der Waals surface area contributed by atoms with Crippen LogP contribution in [0.1, 0.15) is 5.76 Å². The average molecular weight is 515 g/mol. The van der Waals surface area contributed by atoms with E-state index in [4.69, 9.17) is 13.6 Å². The van der Waals surface area contributed by atoms with E-state index < -0.39 is 0 Å². The molecule has 0 fully saturated rings. The Morgan fingerprint density at radius 3 is 2.65 bits per heavy atom. The molecule has 1 N–H and O–H groups in total. The maximum atomic E-state index is 12.4. The maximum Gasteiger partial charge on any atom is 0.248 e. The lowest BCUT2D eigenvalue weighted by atomic mass is 10.2. The van der Waals surface area contributed by atoms with Crippen LogP contribution in [-0.4, -0.2) is 18.0 Å². The number of oxazole rings is 1. The Kier molecular flexibility index (Phi) is 6.01. The summed E-state index contributed by atoms with van der Waals surface area (Å²) in [5.74, 6) is 2.24. The third-order valence-corrected chi connectivity index (χ3v) is 5.65. The number of carbonyl (C=O) groups is 1. The Hall–Kier alpha value is -4.10. The van der Waals surface area contributed by atoms with E-state index in [2.05, 4.69) is 26.2 Å². The van der Waals surface area contributed by atoms with Crippen LogP contribution in [0.5, 0.6) is 5.75 Å². The lowest BCUT2D eigenvalue weighted by Crippen LogP contribution is -2.07. The summed E-state index contributed by atoms with van der Waals surface area (Å²) in [6.45, 7) is 0. The number of aromatic nitrogens is 1. The van der Waals surface area contributed by atoms with Gasteiger partial charge in [0.25, 0.3) is 0 Å². The molecule has 0 saturated heterocycles. The number of furan rings is 1. The summed E-state index contributed by atoms with van der Waals surface area (Å²) in [5, 5.41) is 2.84. The number of nitrogens with zero attached hydrogens (tertiary/aromatic N) is 1. The standard InChI is InChI=1S/C27H19BrN2O4/c1-32-22-4-2-3-18(15-22)27-30-23-16-20(9-12-25(23)34-27)29-26(31)14-11-21-10-13-24(33-21)17-5-7-19(28)8-6-17/h2-16H,1H3,(H,29,31)/b14-11+. The van der Waals surface area contributed by atoms with E-state index in [0.29, 0.717) is 28.4 Å². The molecule has 0 unspecified atom stereocenters. The minimum Gasteiger partial charge on any atom is -0.497 e. The van der Waals surface area contributed by atoms with Gasteiger partial charge in [0.1, 0.15) is 22.8 Å². The minimum atomic E-state index is -0.280. The second-order valence-electron chi connectivity index (χ2n) is 7.46. The summed E-state index contributed by atoms with van der Waals surface area (Å²) in [4.78, 5) is 17.0. The van der Waals surface area contributed by atoms with Gasteiger partial charge >= 0.3 is 0 Å². The molecule has 5 aromatic rings. The van der Waals surface area contributed by atoms with Crippen molar-refractivity contribution >= 4 is 44.7 Å². The predicted molar refractivity (Wildman–Crippen MR) is 136 cm³/mol. The van der Waals surface area contributed by atoms with E-state index in [1.807, 2.05) is 60.7 Å². The van der Waals surface area contributed by atoms with Gasteiger partial charge in [0, 0.05) is 27.4 Å². The van der Waals surface area contributed by atoms with Crippen molar-refractivity contribution in [3.05, 3.63) is 95.2 Å². The Balaban J connectivity index is 1.28. The molecular formula is C27H19BrN2O4. The normalized spacial score (nSPS) is 11.2. The molecular weight excluding hydrogens is 496 g/mol. The molecule has 0 aliphatic rings. The van der Waals surface area contributed by atoms with Crippen molar-refractivity contribution in [1.29, 1.82) is 0 Å². The van der Waals surface area contributed by atoms with Crippen molar-refractivity contribution in [3.63, 3.8) is 0 Å². The minimum absolute atomic E-state index is 0.280. The van der Waals surface area contributed by atoms with Crippen LogP contribution in [0.3, 0.4) is 0 Å². The molecule has 0 bridgehead atoms. The van der Waals surface area contributed by atoms with Crippen molar-refractivity contribution in [2.45, 2.75) is 0 Å². The van der Waals surface area contributed by atoms with Gasteiger partial charge in [-0.05, 0) is 66.7 Å². The average Bonchev–Trinajstić information content (AvgIpc) is 3.50. The third kappa shape index (κ3) is 4.79. The summed E-state index contributed by atoms with van der Waals surface area (Å²) in [5.41, 5.74) is 3.65. The topological polar surface area (TPSA) is 77.5 Å². The molecule has 1 amide bonds. The summed E-state index contributed by atoms with van der Waals surface area (Å²) in [6, 6.07) is 24.3. The fourth-order valence-corrected chi connectivity index (χ4v) is 3.70. The van der Waals surface area contributed by atoms with Crippen molar-refractivity contribution in [2.75, 3.05) is 12.4 Å². The lowest BCUT2D eigenvalue weighted by molar-refractivity contribution is -0.111. The second-order valence-corrected chi connectivity index (χ2v) is 8.38. The fraction of sp³-hybridized carbons (Fsp3) is 0.0370. The monoisotopic (exact) mass is 514 g/mol. The van der Waals surface area contributed by atoms with Gasteiger partial charge in [-0.15, -0.1) is 0 Å². The molecule has 2 aromatic heterocycles. The number of fused-ring (bicyclic) bond motifs is 1. The molecule has 0 spiro atoms. The van der Waals surface area contributed by atoms with Gasteiger partial charge in [0.15, 0.2) is 5.58 Å². The number of nitrogens with one attached hydrogen (secondary N) is 1. The van der Waals surface area contributed by atoms with Crippen molar-refractivity contribution in [2.24, 2.45) is 0 Å². The largest absolute Gasteiger partial charge is 0.497 e. The van der Waals surface area contributed by atoms with E-state index in [9.17, 15) is 4.79 Å². The van der Waals surface area contributed by atoms with Crippen molar-refractivity contribution in [3.8, 4) is 28.5 Å². The number of hydrogen-bond donors (Lipinski definition) is 1. The number of amides is 1. The van der Waals surface area contributed by atoms with Gasteiger partial charge in [-0.2, -0.15) is 0 Å². The SMILES string of the molecule is COc1cccc(-c2nc3cc(NC(=O)/C=C/c4ccc(-c5ccc(Br)cc5)o4)ccc3o2)c1. The molecule has 2 heterocycles. The highest BCUT2D eigenvalue weighted by Gasteiger charge is 2.10. The highest BCUT2D eigenvalue weighted by atomic mass is 79.9. The molecule has 0 aliphatic heterocycles. The molecule has 0 saturated carbocycles. The fourth-order valence-electron chi connectivity index (χ4n) is 3.44. The van der Waals surface area contributed by atoms with Gasteiger partial charge in [0.2, 0.25) is 11.8 Å². The first-order valence-corrected chi connectivity index (χ1v) is 11.3. The summed E-state index contributed by atoms with van der Waals surface area (Å²) in [6.07, 6.45) is 3.06. The highest BCUT2D eigenvalue weighted by molar-refractivity contribution is 9.10. The number of anilines is 1. The van der Waals surface area contributed by atoms with Crippen LogP contribution >= 0.6 is 15.9 Å². The molecule has 3 aromatic carbocycles. The first kappa shape index (κ1) is 21.7. The summed E-state index contributed by atoms with van der Waals surface area (Å²) < 4.78 is 17.9. The van der Waals surface area contributed by atoms with E-state index in [1.54, 1.807) is 31.4 Å². The number of ether oxygens (including phenoxy) is 1. The van der Waals surface area contributed by atoms with Crippen LogP contribution in [-0.2, 0) is 4.79 Å². The van der Waals surface area contributed by atoms with E-state index in [-0.39, 0.29) is 5.91 Å². The number of methoxy groups -OCH3 is 1. The zero-order chi connectivity index (χ0) is 23.5. The van der Waals surface area contributed by atoms with Crippen molar-refractivity contribution in [1.82, 2.24) is 4.98 Å². The van der Waals surface area contributed by atoms with Gasteiger partial charge < -0.3 is 18.9 Å². The van der Waals surface area contributed by atoms with Gasteiger partial charge in [0.05, 0.1) is 7.11 Å². The summed E-state index contributed by atoms with van der Waals surface area (Å²) in [7, 11) is 1.61. The second kappa shape index (κ2) is 9.41. The lowest BCUT2D eigenvalue weighted by Gasteiger charge is -2.00. The smallest absolute Gasteiger partial charge is 0.248 e. The van der Waals surface area contributed by atoms with Gasteiger partial charge in [-0.1, -0.05) is 34.1 Å². The molecule has 6 nitrogen and oxygen atoms in total. The van der Waals surface area contributed by atoms with E-state index >= 15 is 0 Å². The van der Waals surface area contributed by atoms with Crippen LogP contribution in [0.2, 0.25) is 0 Å². The number of benzene rings is 3. The van der Waals surface area contributed by atoms with Gasteiger partial charge in [-0.25, -0.2) is 4.98 Å². The molecule has 34 heavy (non-hydrogen) atoms. The quantitative estimate of drug-likeness (QED) is 0.243. The van der Waals surface area contributed by atoms with Crippen LogP contribution in [0.4, 0.5) is 5.69 Å². The van der Waals surface area contributed by atoms with Crippen LogP contribution in [0.25, 0.3) is 40.0 Å². The number of rotatable bonds is 6. The molecule has 5 rings (SSSR count). The molecule has 0 radical (unpaired) electrons. The maximum absolute atomic E-state index is 12.4. The molecule has 0 atom stereocenters. The van der Waals surface area contributed by atoms with E-state index in [0.717, 1.165) is 27.1 Å². The Labute approximate surface area is 204 Å². The number of hydrogen-bond acceptors (Lipinski definition) is 5. The Morgan fingerprint density at radius 2 is 1.82 bits per heavy atom. The number of halogens is 1. The molecule has 168 valence electrons. The Morgan fingerprint density at radius 1 is 0.971 bits per heavy atom. The predicted octanol–water partition coefficient (Wildman–Crippen LogP) is 7.18. The third-order valence-electron chi connectivity index (χ3n) is 5.13. The van der Waals surface area contributed by atoms with Crippen LogP contribution in [0.15, 0.2) is 98.2 Å². The first-order valence-electron chi connectivity index (χ1n) is 10.5. The number of carbonyl (C=O) groups excluding carboxylic acids is 1. The Bertz CT molecular complexity index is 1500. The van der Waals surface area contributed by atoms with Crippen molar-refractivity contribution < 1.29 is 18.4 Å². The first-order chi connectivity index (χ1) is 16.6. The van der Waals surface area contributed by atoms with Crippen LogP contribution < -0.4 is 10.1 Å². The van der Waals surface area contributed by atoms with E-state index in [1.165, 1.54) is 6.08 Å². The molecule has 0 aliphatic carbocycles. The van der Waals surface area contributed by atoms with Gasteiger partial charge in [-0.3, -0.25) is 4.79 Å². The zero-order valence-electron chi connectivity index (χ0n) is 18.1.